The van der Waals surface area contributed by atoms with Gasteiger partial charge in [-0.15, -0.1) is 0 Å². The van der Waals surface area contributed by atoms with Crippen molar-refractivity contribution in [3.8, 4) is 23.3 Å². The first kappa shape index (κ1) is 21.3. The lowest BCUT2D eigenvalue weighted by Crippen LogP contribution is -2.06. The quantitative estimate of drug-likeness (QED) is 0.241. The van der Waals surface area contributed by atoms with Crippen LogP contribution in [-0.2, 0) is 19.1 Å². The third-order valence-electron chi connectivity index (χ3n) is 3.97. The summed E-state index contributed by atoms with van der Waals surface area (Å²) in [7, 11) is 2.71. The number of benzene rings is 2. The molecule has 3 rings (SSSR count). The lowest BCUT2D eigenvalue weighted by Gasteiger charge is -2.13. The molecular formula is C22H19N3O6. The summed E-state index contributed by atoms with van der Waals surface area (Å²) in [5.74, 6) is 0.548. The number of nitrogens with zero attached hydrogens (tertiary/aromatic N) is 2. The van der Waals surface area contributed by atoms with E-state index in [0.717, 1.165) is 0 Å². The fraction of sp³-hybridized carbons (Fsp3) is 0.0909. The van der Waals surface area contributed by atoms with Crippen molar-refractivity contribution in [2.24, 2.45) is 0 Å². The van der Waals surface area contributed by atoms with Crippen LogP contribution >= 0.6 is 0 Å². The second-order valence-electron chi connectivity index (χ2n) is 5.91. The molecule has 2 aromatic carbocycles. The third-order valence-corrected chi connectivity index (χ3v) is 3.97. The lowest BCUT2D eigenvalue weighted by atomic mass is 10.1. The van der Waals surface area contributed by atoms with Gasteiger partial charge < -0.3 is 24.3 Å². The number of para-hydroxylation sites is 3. The zero-order valence-electron chi connectivity index (χ0n) is 16.8. The van der Waals surface area contributed by atoms with Gasteiger partial charge in [0.1, 0.15) is 17.6 Å². The average molecular weight is 421 g/mol. The van der Waals surface area contributed by atoms with E-state index in [1.54, 1.807) is 48.5 Å². The minimum Gasteiger partial charge on any atom is -0.503 e. The van der Waals surface area contributed by atoms with Gasteiger partial charge in [0.05, 0.1) is 32.2 Å². The minimum absolute atomic E-state index is 0.180. The van der Waals surface area contributed by atoms with E-state index < -0.39 is 5.97 Å². The number of aromatic nitrogens is 2. The SMILES string of the molecule is COC=C(C(=O)OC)c1ccccc1Oc1cc(Oc2ccccc2NC=O)ncn1. The maximum absolute atomic E-state index is 12.1. The highest BCUT2D eigenvalue weighted by Crippen LogP contribution is 2.32. The summed E-state index contributed by atoms with van der Waals surface area (Å²) in [4.78, 5) is 31.1. The summed E-state index contributed by atoms with van der Waals surface area (Å²) in [6, 6.07) is 15.2. The summed E-state index contributed by atoms with van der Waals surface area (Å²) in [6.07, 6.45) is 3.11. The Morgan fingerprint density at radius 1 is 0.935 bits per heavy atom. The van der Waals surface area contributed by atoms with Gasteiger partial charge in [0, 0.05) is 5.56 Å². The molecule has 0 saturated carbocycles. The van der Waals surface area contributed by atoms with Crippen LogP contribution in [0.1, 0.15) is 5.56 Å². The van der Waals surface area contributed by atoms with Gasteiger partial charge in [-0.25, -0.2) is 14.8 Å². The van der Waals surface area contributed by atoms with Gasteiger partial charge >= 0.3 is 5.97 Å². The van der Waals surface area contributed by atoms with Crippen LogP contribution in [0.25, 0.3) is 5.57 Å². The molecule has 0 saturated heterocycles. The second kappa shape index (κ2) is 10.4. The molecular weight excluding hydrogens is 402 g/mol. The normalized spacial score (nSPS) is 10.7. The van der Waals surface area contributed by atoms with E-state index in [-0.39, 0.29) is 17.3 Å². The Morgan fingerprint density at radius 3 is 2.26 bits per heavy atom. The van der Waals surface area contributed by atoms with Crippen molar-refractivity contribution in [3.63, 3.8) is 0 Å². The van der Waals surface area contributed by atoms with Crippen LogP contribution in [0.15, 0.2) is 67.2 Å². The second-order valence-corrected chi connectivity index (χ2v) is 5.91. The van der Waals surface area contributed by atoms with Gasteiger partial charge in [-0.3, -0.25) is 4.79 Å². The summed E-state index contributed by atoms with van der Waals surface area (Å²) in [6.45, 7) is 0. The maximum atomic E-state index is 12.1. The van der Waals surface area contributed by atoms with Gasteiger partial charge in [-0.05, 0) is 18.2 Å². The van der Waals surface area contributed by atoms with E-state index in [1.807, 2.05) is 0 Å². The highest BCUT2D eigenvalue weighted by molar-refractivity contribution is 6.17. The Morgan fingerprint density at radius 2 is 1.58 bits per heavy atom. The fourth-order valence-corrected chi connectivity index (χ4v) is 2.63. The van der Waals surface area contributed by atoms with E-state index >= 15 is 0 Å². The Bertz CT molecular complexity index is 1100. The van der Waals surface area contributed by atoms with Gasteiger partial charge in [0.25, 0.3) is 0 Å². The zero-order chi connectivity index (χ0) is 22.1. The molecule has 9 nitrogen and oxygen atoms in total. The summed E-state index contributed by atoms with van der Waals surface area (Å²) >= 11 is 0. The standard InChI is InChI=1S/C22H19N3O6/c1-28-12-16(22(27)29-2)15-7-3-5-9-18(15)30-20-11-21(24-13-23-20)31-19-10-6-4-8-17(19)25-14-26/h3-14H,1-2H3,(H,25,26). The monoisotopic (exact) mass is 421 g/mol. The van der Waals surface area contributed by atoms with Crippen LogP contribution < -0.4 is 14.8 Å². The molecule has 1 aromatic heterocycles. The number of esters is 1. The van der Waals surface area contributed by atoms with Crippen LogP contribution in [0.2, 0.25) is 0 Å². The van der Waals surface area contributed by atoms with Crippen molar-refractivity contribution in [2.45, 2.75) is 0 Å². The molecule has 3 aromatic rings. The van der Waals surface area contributed by atoms with Crippen LogP contribution in [0.3, 0.4) is 0 Å². The van der Waals surface area contributed by atoms with Crippen LogP contribution in [0, 0.1) is 0 Å². The van der Waals surface area contributed by atoms with Crippen molar-refractivity contribution in [2.75, 3.05) is 19.5 Å². The first-order chi connectivity index (χ1) is 15.2. The van der Waals surface area contributed by atoms with Gasteiger partial charge in [0.15, 0.2) is 5.75 Å². The molecule has 0 aliphatic carbocycles. The molecule has 0 aliphatic rings. The van der Waals surface area contributed by atoms with Gasteiger partial charge in [-0.1, -0.05) is 30.3 Å². The molecule has 0 radical (unpaired) electrons. The third kappa shape index (κ3) is 5.36. The van der Waals surface area contributed by atoms with Crippen molar-refractivity contribution >= 4 is 23.6 Å². The van der Waals surface area contributed by atoms with Crippen LogP contribution in [-0.4, -0.2) is 36.6 Å². The number of rotatable bonds is 9. The first-order valence-electron chi connectivity index (χ1n) is 9.04. The Kier molecular flexibility index (Phi) is 7.15. The van der Waals surface area contributed by atoms with E-state index in [9.17, 15) is 9.59 Å². The molecule has 31 heavy (non-hydrogen) atoms. The summed E-state index contributed by atoms with van der Waals surface area (Å²) in [5, 5.41) is 2.56. The smallest absolute Gasteiger partial charge is 0.341 e. The number of anilines is 1. The highest BCUT2D eigenvalue weighted by Gasteiger charge is 2.18. The lowest BCUT2D eigenvalue weighted by molar-refractivity contribution is -0.133. The molecule has 158 valence electrons. The van der Waals surface area contributed by atoms with E-state index in [0.29, 0.717) is 29.2 Å². The number of nitrogens with one attached hydrogen (secondary N) is 1. The molecule has 1 heterocycles. The topological polar surface area (TPSA) is 109 Å². The number of methoxy groups -OCH3 is 2. The predicted octanol–water partition coefficient (Wildman–Crippen LogP) is 3.79. The number of carbonyl (C=O) groups is 2. The Balaban J connectivity index is 1.88. The number of hydrogen-bond donors (Lipinski definition) is 1. The van der Waals surface area contributed by atoms with E-state index in [2.05, 4.69) is 15.3 Å². The van der Waals surface area contributed by atoms with Gasteiger partial charge in [0.2, 0.25) is 18.2 Å². The molecule has 0 bridgehead atoms. The predicted molar refractivity (Wildman–Crippen MR) is 112 cm³/mol. The molecule has 1 amide bonds. The van der Waals surface area contributed by atoms with E-state index in [4.69, 9.17) is 18.9 Å². The number of hydrogen-bond acceptors (Lipinski definition) is 8. The highest BCUT2D eigenvalue weighted by atomic mass is 16.5. The van der Waals surface area contributed by atoms with Crippen LogP contribution in [0.5, 0.6) is 23.3 Å². The molecule has 0 atom stereocenters. The van der Waals surface area contributed by atoms with Gasteiger partial charge in [-0.2, -0.15) is 0 Å². The Hall–Kier alpha value is -4.40. The average Bonchev–Trinajstić information content (AvgIpc) is 2.79. The van der Waals surface area contributed by atoms with Crippen molar-refractivity contribution in [1.29, 1.82) is 0 Å². The first-order valence-corrected chi connectivity index (χ1v) is 9.04. The molecule has 0 spiro atoms. The summed E-state index contributed by atoms with van der Waals surface area (Å²) in [5.41, 5.74) is 1.12. The minimum atomic E-state index is -0.580. The maximum Gasteiger partial charge on any atom is 0.341 e. The van der Waals surface area contributed by atoms with E-state index in [1.165, 1.54) is 32.9 Å². The number of ether oxygens (including phenoxy) is 4. The summed E-state index contributed by atoms with van der Waals surface area (Å²) < 4.78 is 21.5. The zero-order valence-corrected chi connectivity index (χ0v) is 16.8. The van der Waals surface area contributed by atoms with Crippen molar-refractivity contribution in [1.82, 2.24) is 9.97 Å². The number of carbonyl (C=O) groups excluding carboxylic acids is 2. The molecule has 0 unspecified atom stereocenters. The fourth-order valence-electron chi connectivity index (χ4n) is 2.63. The van der Waals surface area contributed by atoms with Crippen molar-refractivity contribution in [3.05, 3.63) is 72.8 Å². The van der Waals surface area contributed by atoms with Crippen molar-refractivity contribution < 1.29 is 28.5 Å². The number of amides is 1. The Labute approximate surface area is 178 Å². The molecule has 9 heteroatoms. The van der Waals surface area contributed by atoms with Crippen LogP contribution in [0.4, 0.5) is 5.69 Å². The molecule has 0 fully saturated rings. The largest absolute Gasteiger partial charge is 0.503 e. The molecule has 0 aliphatic heterocycles. The molecule has 1 N–H and O–H groups in total.